The molecule has 1 fully saturated rings. The van der Waals surface area contributed by atoms with Crippen molar-refractivity contribution in [1.29, 1.82) is 0 Å². The van der Waals surface area contributed by atoms with Crippen molar-refractivity contribution in [2.24, 2.45) is 0 Å². The van der Waals surface area contributed by atoms with Crippen LogP contribution in [0.3, 0.4) is 0 Å². The molecule has 0 radical (unpaired) electrons. The Hall–Kier alpha value is -1.09. The van der Waals surface area contributed by atoms with Crippen LogP contribution in [0, 0.1) is 6.92 Å². The molecule has 18 heavy (non-hydrogen) atoms. The zero-order valence-electron chi connectivity index (χ0n) is 10.9. The number of aromatic nitrogens is 1. The van der Waals surface area contributed by atoms with E-state index in [9.17, 15) is 4.79 Å². The van der Waals surface area contributed by atoms with Crippen molar-refractivity contribution in [1.82, 2.24) is 9.88 Å². The molecular formula is C14H19ClN2O. The van der Waals surface area contributed by atoms with E-state index in [4.69, 9.17) is 11.6 Å². The molecule has 0 N–H and O–H groups in total. The molecule has 98 valence electrons. The minimum atomic E-state index is 0.0804. The predicted molar refractivity (Wildman–Crippen MR) is 73.0 cm³/mol. The molecular weight excluding hydrogens is 248 g/mol. The van der Waals surface area contributed by atoms with Crippen LogP contribution < -0.4 is 0 Å². The number of nitrogens with zero attached hydrogens (tertiary/aromatic N) is 2. The quantitative estimate of drug-likeness (QED) is 0.730. The Bertz CT molecular complexity index is 427. The van der Waals surface area contributed by atoms with Gasteiger partial charge in [0.2, 0.25) is 0 Å². The lowest BCUT2D eigenvalue weighted by Crippen LogP contribution is -2.38. The van der Waals surface area contributed by atoms with Crippen molar-refractivity contribution >= 4 is 17.5 Å². The number of rotatable bonds is 1. The highest BCUT2D eigenvalue weighted by atomic mass is 35.5. The van der Waals surface area contributed by atoms with Crippen molar-refractivity contribution in [3.8, 4) is 0 Å². The average Bonchev–Trinajstić information content (AvgIpc) is 2.51. The van der Waals surface area contributed by atoms with Gasteiger partial charge in [0.05, 0.1) is 0 Å². The zero-order valence-corrected chi connectivity index (χ0v) is 11.7. The van der Waals surface area contributed by atoms with Gasteiger partial charge < -0.3 is 4.90 Å². The summed E-state index contributed by atoms with van der Waals surface area (Å²) in [7, 11) is 0. The maximum Gasteiger partial charge on any atom is 0.254 e. The first-order valence-corrected chi connectivity index (χ1v) is 6.91. The summed E-state index contributed by atoms with van der Waals surface area (Å²) in [5, 5.41) is 0.390. The number of aryl methyl sites for hydroxylation is 1. The van der Waals surface area contributed by atoms with Crippen LogP contribution in [-0.4, -0.2) is 28.4 Å². The second kappa shape index (κ2) is 5.70. The van der Waals surface area contributed by atoms with E-state index in [-0.39, 0.29) is 5.91 Å². The Kier molecular flexibility index (Phi) is 4.23. The maximum atomic E-state index is 12.5. The number of amides is 1. The lowest BCUT2D eigenvalue weighted by molar-refractivity contribution is 0.0697. The summed E-state index contributed by atoms with van der Waals surface area (Å²) < 4.78 is 0. The van der Waals surface area contributed by atoms with Crippen molar-refractivity contribution in [3.05, 3.63) is 28.5 Å². The van der Waals surface area contributed by atoms with Gasteiger partial charge in [0, 0.05) is 23.8 Å². The van der Waals surface area contributed by atoms with Crippen LogP contribution in [-0.2, 0) is 0 Å². The fraction of sp³-hybridized carbons (Fsp3) is 0.571. The summed E-state index contributed by atoms with van der Waals surface area (Å²) in [5.74, 6) is 0.0804. The molecule has 0 spiro atoms. The number of pyridine rings is 1. The summed E-state index contributed by atoms with van der Waals surface area (Å²) in [6, 6.07) is 3.78. The lowest BCUT2D eigenvalue weighted by Gasteiger charge is -2.27. The Morgan fingerprint density at radius 3 is 2.89 bits per heavy atom. The minimum Gasteiger partial charge on any atom is -0.336 e. The zero-order chi connectivity index (χ0) is 13.1. The summed E-state index contributed by atoms with van der Waals surface area (Å²) in [6.45, 7) is 4.83. The highest BCUT2D eigenvalue weighted by molar-refractivity contribution is 6.29. The van der Waals surface area contributed by atoms with Gasteiger partial charge in [-0.1, -0.05) is 24.4 Å². The van der Waals surface area contributed by atoms with Crippen LogP contribution in [0.2, 0.25) is 5.15 Å². The molecule has 1 unspecified atom stereocenters. The van der Waals surface area contributed by atoms with E-state index >= 15 is 0 Å². The Labute approximate surface area is 113 Å². The summed E-state index contributed by atoms with van der Waals surface area (Å²) in [6.07, 6.45) is 4.60. The van der Waals surface area contributed by atoms with Gasteiger partial charge in [0.1, 0.15) is 5.15 Å². The highest BCUT2D eigenvalue weighted by Gasteiger charge is 2.23. The first-order chi connectivity index (χ1) is 8.58. The van der Waals surface area contributed by atoms with E-state index in [1.165, 1.54) is 12.8 Å². The summed E-state index contributed by atoms with van der Waals surface area (Å²) in [4.78, 5) is 18.6. The molecule has 4 heteroatoms. The first kappa shape index (κ1) is 13.3. The Morgan fingerprint density at radius 1 is 1.39 bits per heavy atom. The molecule has 1 aliphatic rings. The minimum absolute atomic E-state index is 0.0804. The number of hydrogen-bond donors (Lipinski definition) is 0. The van der Waals surface area contributed by atoms with Crippen molar-refractivity contribution < 1.29 is 4.79 Å². The summed E-state index contributed by atoms with van der Waals surface area (Å²) >= 11 is 5.92. The van der Waals surface area contributed by atoms with Crippen LogP contribution in [0.5, 0.6) is 0 Å². The largest absolute Gasteiger partial charge is 0.336 e. The van der Waals surface area contributed by atoms with E-state index in [0.29, 0.717) is 16.8 Å². The molecule has 1 atom stereocenters. The van der Waals surface area contributed by atoms with Crippen LogP contribution in [0.1, 0.15) is 48.7 Å². The smallest absolute Gasteiger partial charge is 0.254 e. The molecule has 2 rings (SSSR count). The van der Waals surface area contributed by atoms with Crippen LogP contribution >= 0.6 is 11.6 Å². The average molecular weight is 267 g/mol. The monoisotopic (exact) mass is 266 g/mol. The SMILES string of the molecule is Cc1cc(C(=O)N2CCCCCC2C)cc(Cl)n1. The normalized spacial score (nSPS) is 20.6. The number of hydrogen-bond acceptors (Lipinski definition) is 2. The van der Waals surface area contributed by atoms with Gasteiger partial charge >= 0.3 is 0 Å². The molecule has 1 amide bonds. The highest BCUT2D eigenvalue weighted by Crippen LogP contribution is 2.20. The standard InChI is InChI=1S/C14H19ClN2O/c1-10-8-12(9-13(15)16-10)14(18)17-7-5-3-4-6-11(17)2/h8-9,11H,3-7H2,1-2H3. The Morgan fingerprint density at radius 2 is 2.17 bits per heavy atom. The third-order valence-electron chi connectivity index (χ3n) is 3.48. The van der Waals surface area contributed by atoms with Crippen molar-refractivity contribution in [3.63, 3.8) is 0 Å². The third kappa shape index (κ3) is 3.02. The van der Waals surface area contributed by atoms with Gasteiger partial charge in [-0.2, -0.15) is 0 Å². The number of halogens is 1. The molecule has 0 bridgehead atoms. The van der Waals surface area contributed by atoms with Crippen LogP contribution in [0.25, 0.3) is 0 Å². The number of carbonyl (C=O) groups excluding carboxylic acids is 1. The van der Waals surface area contributed by atoms with Crippen molar-refractivity contribution in [2.75, 3.05) is 6.54 Å². The van der Waals surface area contributed by atoms with E-state index in [1.807, 2.05) is 17.9 Å². The molecule has 1 saturated heterocycles. The van der Waals surface area contributed by atoms with Crippen molar-refractivity contribution in [2.45, 2.75) is 45.6 Å². The van der Waals surface area contributed by atoms with Gasteiger partial charge in [0.25, 0.3) is 5.91 Å². The summed E-state index contributed by atoms with van der Waals surface area (Å²) in [5.41, 5.74) is 1.44. The molecule has 0 saturated carbocycles. The number of likely N-dealkylation sites (tertiary alicyclic amines) is 1. The van der Waals surface area contributed by atoms with Gasteiger partial charge in [-0.15, -0.1) is 0 Å². The topological polar surface area (TPSA) is 33.2 Å². The van der Waals surface area contributed by atoms with E-state index in [1.54, 1.807) is 6.07 Å². The van der Waals surface area contributed by atoms with E-state index < -0.39 is 0 Å². The molecule has 2 heterocycles. The lowest BCUT2D eigenvalue weighted by atomic mass is 10.1. The first-order valence-electron chi connectivity index (χ1n) is 6.53. The number of carbonyl (C=O) groups is 1. The molecule has 0 aliphatic carbocycles. The Balaban J connectivity index is 2.23. The van der Waals surface area contributed by atoms with Gasteiger partial charge in [-0.25, -0.2) is 4.98 Å². The van der Waals surface area contributed by atoms with Crippen LogP contribution in [0.4, 0.5) is 0 Å². The second-order valence-corrected chi connectivity index (χ2v) is 5.40. The fourth-order valence-corrected chi connectivity index (χ4v) is 2.74. The fourth-order valence-electron chi connectivity index (χ4n) is 2.49. The van der Waals surface area contributed by atoms with Crippen LogP contribution in [0.15, 0.2) is 12.1 Å². The predicted octanol–water partition coefficient (Wildman–Crippen LogP) is 3.45. The molecule has 3 nitrogen and oxygen atoms in total. The molecule has 1 aliphatic heterocycles. The van der Waals surface area contributed by atoms with Gasteiger partial charge in [0.15, 0.2) is 0 Å². The van der Waals surface area contributed by atoms with Gasteiger partial charge in [-0.05, 0) is 38.8 Å². The van der Waals surface area contributed by atoms with E-state index in [0.717, 1.165) is 25.1 Å². The molecule has 1 aromatic heterocycles. The van der Waals surface area contributed by atoms with Gasteiger partial charge in [-0.3, -0.25) is 4.79 Å². The van der Waals surface area contributed by atoms with E-state index in [2.05, 4.69) is 11.9 Å². The third-order valence-corrected chi connectivity index (χ3v) is 3.68. The molecule has 0 aromatic carbocycles. The second-order valence-electron chi connectivity index (χ2n) is 5.02. The molecule has 1 aromatic rings. The maximum absolute atomic E-state index is 12.5.